The number of nitrogen functional groups attached to an aromatic ring is 1. The van der Waals surface area contributed by atoms with E-state index in [0.717, 1.165) is 20.6 Å². The Bertz CT molecular complexity index is 619. The third-order valence-electron chi connectivity index (χ3n) is 2.36. The van der Waals surface area contributed by atoms with Crippen LogP contribution in [0.3, 0.4) is 0 Å². The van der Waals surface area contributed by atoms with Crippen molar-refractivity contribution in [1.82, 2.24) is 14.8 Å². The molecule has 2 aromatic rings. The normalized spacial score (nSPS) is 10.8. The van der Waals surface area contributed by atoms with Gasteiger partial charge in [0.15, 0.2) is 5.16 Å². The molecule has 0 unspecified atom stereocenters. The molecule has 90 valence electrons. The number of aryl methyl sites for hydroxylation is 1. The van der Waals surface area contributed by atoms with Crippen LogP contribution in [-0.2, 0) is 7.05 Å². The van der Waals surface area contributed by atoms with Crippen molar-refractivity contribution in [2.45, 2.75) is 17.0 Å². The van der Waals surface area contributed by atoms with Crippen LogP contribution in [0.15, 0.2) is 31.5 Å². The van der Waals surface area contributed by atoms with E-state index < -0.39 is 0 Å². The van der Waals surface area contributed by atoms with Crippen LogP contribution in [0.25, 0.3) is 0 Å². The molecule has 0 radical (unpaired) electrons. The summed E-state index contributed by atoms with van der Waals surface area (Å²) < 4.78 is 2.35. The number of aromatic amines is 1. The largest absolute Gasteiger partial charge is 0.398 e. The maximum absolute atomic E-state index is 11.2. The van der Waals surface area contributed by atoms with Gasteiger partial charge in [-0.05, 0) is 52.3 Å². The highest BCUT2D eigenvalue weighted by Crippen LogP contribution is 2.34. The fourth-order valence-electron chi connectivity index (χ4n) is 1.27. The van der Waals surface area contributed by atoms with Gasteiger partial charge in [-0.2, -0.15) is 0 Å². The van der Waals surface area contributed by atoms with E-state index >= 15 is 0 Å². The maximum Gasteiger partial charge on any atom is 0.343 e. The Morgan fingerprint density at radius 3 is 2.82 bits per heavy atom. The van der Waals surface area contributed by atoms with Crippen LogP contribution in [-0.4, -0.2) is 14.8 Å². The number of benzene rings is 1. The average molecular weight is 315 g/mol. The van der Waals surface area contributed by atoms with Crippen molar-refractivity contribution < 1.29 is 0 Å². The van der Waals surface area contributed by atoms with Gasteiger partial charge in [0, 0.05) is 22.1 Å². The minimum absolute atomic E-state index is 0.226. The molecule has 1 heterocycles. The van der Waals surface area contributed by atoms with Crippen molar-refractivity contribution >= 4 is 33.4 Å². The predicted molar refractivity (Wildman–Crippen MR) is 71.2 cm³/mol. The number of nitrogens with zero attached hydrogens (tertiary/aromatic N) is 2. The Labute approximate surface area is 111 Å². The zero-order valence-corrected chi connectivity index (χ0v) is 11.7. The molecule has 5 nitrogen and oxygen atoms in total. The fraction of sp³-hybridized carbons (Fsp3) is 0.200. The third kappa shape index (κ3) is 2.39. The van der Waals surface area contributed by atoms with Crippen LogP contribution in [0.1, 0.15) is 5.56 Å². The van der Waals surface area contributed by atoms with E-state index in [9.17, 15) is 4.79 Å². The van der Waals surface area contributed by atoms with Gasteiger partial charge in [-0.1, -0.05) is 0 Å². The van der Waals surface area contributed by atoms with Crippen LogP contribution >= 0.6 is 27.7 Å². The Morgan fingerprint density at radius 1 is 1.53 bits per heavy atom. The molecule has 0 aliphatic heterocycles. The molecule has 0 saturated heterocycles. The molecule has 0 amide bonds. The van der Waals surface area contributed by atoms with Gasteiger partial charge in [-0.15, -0.1) is 5.10 Å². The van der Waals surface area contributed by atoms with Gasteiger partial charge in [0.1, 0.15) is 0 Å². The van der Waals surface area contributed by atoms with E-state index in [1.807, 2.05) is 19.1 Å². The molecule has 0 aliphatic rings. The summed E-state index contributed by atoms with van der Waals surface area (Å²) in [5.74, 6) is 0. The van der Waals surface area contributed by atoms with Crippen molar-refractivity contribution in [3.05, 3.63) is 32.7 Å². The Balaban J connectivity index is 2.40. The predicted octanol–water partition coefficient (Wildman–Crippen LogP) is 1.91. The van der Waals surface area contributed by atoms with E-state index in [2.05, 4.69) is 26.1 Å². The molecule has 0 bridgehead atoms. The quantitative estimate of drug-likeness (QED) is 0.830. The minimum atomic E-state index is -0.226. The summed E-state index contributed by atoms with van der Waals surface area (Å²) in [6.45, 7) is 1.94. The van der Waals surface area contributed by atoms with Crippen LogP contribution in [0.5, 0.6) is 0 Å². The van der Waals surface area contributed by atoms with E-state index in [-0.39, 0.29) is 5.69 Å². The lowest BCUT2D eigenvalue weighted by Crippen LogP contribution is -2.12. The third-order valence-corrected chi connectivity index (χ3v) is 4.38. The van der Waals surface area contributed by atoms with Crippen molar-refractivity contribution in [2.75, 3.05) is 5.73 Å². The first-order chi connectivity index (χ1) is 7.99. The number of nitrogens with two attached hydrogens (primary N) is 1. The molecule has 2 rings (SSSR count). The summed E-state index contributed by atoms with van der Waals surface area (Å²) >= 11 is 4.85. The van der Waals surface area contributed by atoms with Crippen LogP contribution < -0.4 is 11.4 Å². The van der Waals surface area contributed by atoms with E-state index in [4.69, 9.17) is 5.73 Å². The molecule has 3 N–H and O–H groups in total. The lowest BCUT2D eigenvalue weighted by Gasteiger charge is -2.07. The molecule has 1 aromatic heterocycles. The van der Waals surface area contributed by atoms with Crippen LogP contribution in [0.2, 0.25) is 0 Å². The molecule has 17 heavy (non-hydrogen) atoms. The maximum atomic E-state index is 11.2. The van der Waals surface area contributed by atoms with Crippen molar-refractivity contribution in [3.8, 4) is 0 Å². The Kier molecular flexibility index (Phi) is 3.30. The Morgan fingerprint density at radius 2 is 2.24 bits per heavy atom. The smallest absolute Gasteiger partial charge is 0.343 e. The molecule has 0 spiro atoms. The van der Waals surface area contributed by atoms with Crippen molar-refractivity contribution in [1.29, 1.82) is 0 Å². The molecule has 0 saturated carbocycles. The summed E-state index contributed by atoms with van der Waals surface area (Å²) in [7, 11) is 1.67. The van der Waals surface area contributed by atoms with Gasteiger partial charge >= 0.3 is 5.69 Å². The number of H-pyrrole nitrogens is 1. The lowest BCUT2D eigenvalue weighted by molar-refractivity contribution is 0.766. The standard InChI is InChI=1S/C10H11BrN4OS/c1-5-3-8(6(11)4-7(5)12)17-10-14-13-9(16)15(10)2/h3-4H,12H2,1-2H3,(H,13,16). The second-order valence-corrected chi connectivity index (χ2v) is 5.48. The summed E-state index contributed by atoms with van der Waals surface area (Å²) in [6.07, 6.45) is 0. The van der Waals surface area contributed by atoms with Gasteiger partial charge in [0.05, 0.1) is 0 Å². The van der Waals surface area contributed by atoms with E-state index in [0.29, 0.717) is 5.16 Å². The zero-order valence-electron chi connectivity index (χ0n) is 9.32. The highest BCUT2D eigenvalue weighted by atomic mass is 79.9. The second-order valence-electron chi connectivity index (χ2n) is 3.61. The zero-order chi connectivity index (χ0) is 12.6. The van der Waals surface area contributed by atoms with Gasteiger partial charge in [0.25, 0.3) is 0 Å². The number of nitrogens with one attached hydrogen (secondary N) is 1. The summed E-state index contributed by atoms with van der Waals surface area (Å²) in [5, 5.41) is 6.95. The molecular weight excluding hydrogens is 304 g/mol. The van der Waals surface area contributed by atoms with Crippen molar-refractivity contribution in [2.24, 2.45) is 7.05 Å². The SMILES string of the molecule is Cc1cc(Sc2n[nH]c(=O)n2C)c(Br)cc1N. The fourth-order valence-corrected chi connectivity index (χ4v) is 2.77. The molecule has 0 fully saturated rings. The molecule has 1 aromatic carbocycles. The van der Waals surface area contributed by atoms with Crippen molar-refractivity contribution in [3.63, 3.8) is 0 Å². The summed E-state index contributed by atoms with van der Waals surface area (Å²) in [5.41, 5.74) is 7.30. The van der Waals surface area contributed by atoms with E-state index in [1.165, 1.54) is 16.3 Å². The van der Waals surface area contributed by atoms with Gasteiger partial charge < -0.3 is 5.73 Å². The number of rotatable bonds is 2. The molecule has 7 heteroatoms. The molecule has 0 aliphatic carbocycles. The van der Waals surface area contributed by atoms with Gasteiger partial charge in [0.2, 0.25) is 0 Å². The first kappa shape index (κ1) is 12.3. The summed E-state index contributed by atoms with van der Waals surface area (Å²) in [6, 6.07) is 3.81. The average Bonchev–Trinajstić information content (AvgIpc) is 2.58. The summed E-state index contributed by atoms with van der Waals surface area (Å²) in [4.78, 5) is 12.2. The topological polar surface area (TPSA) is 76.7 Å². The monoisotopic (exact) mass is 314 g/mol. The highest BCUT2D eigenvalue weighted by Gasteiger charge is 2.10. The second kappa shape index (κ2) is 4.58. The van der Waals surface area contributed by atoms with Crippen LogP contribution in [0, 0.1) is 6.92 Å². The number of hydrogen-bond donors (Lipinski definition) is 2. The molecule has 0 atom stereocenters. The lowest BCUT2D eigenvalue weighted by atomic mass is 10.2. The first-order valence-electron chi connectivity index (χ1n) is 4.84. The molecular formula is C10H11BrN4OS. The van der Waals surface area contributed by atoms with Crippen LogP contribution in [0.4, 0.5) is 5.69 Å². The number of aromatic nitrogens is 3. The minimum Gasteiger partial charge on any atom is -0.398 e. The first-order valence-corrected chi connectivity index (χ1v) is 6.45. The van der Waals surface area contributed by atoms with Gasteiger partial charge in [-0.25, -0.2) is 9.89 Å². The number of halogens is 1. The van der Waals surface area contributed by atoms with E-state index in [1.54, 1.807) is 7.05 Å². The van der Waals surface area contributed by atoms with Gasteiger partial charge in [-0.3, -0.25) is 4.57 Å². The number of hydrogen-bond acceptors (Lipinski definition) is 4. The number of anilines is 1. The Hall–Kier alpha value is -1.21. The highest BCUT2D eigenvalue weighted by molar-refractivity contribution is 9.10.